The molecule has 0 atom stereocenters. The van der Waals surface area contributed by atoms with Gasteiger partial charge in [-0.05, 0) is 6.07 Å². The van der Waals surface area contributed by atoms with Crippen LogP contribution in [0.4, 0.5) is 5.69 Å². The topological polar surface area (TPSA) is 87.2 Å². The minimum absolute atomic E-state index is 0.0703. The number of nitriles is 1. The Hall–Kier alpha value is -1.94. The Bertz CT molecular complexity index is 510. The SMILES string of the molecule is CN(CC#N)C(=O)c1cc(Br)cc([N+](=O)[O-])c1. The van der Waals surface area contributed by atoms with Gasteiger partial charge in [-0.15, -0.1) is 0 Å². The third-order valence-electron chi connectivity index (χ3n) is 1.99. The lowest BCUT2D eigenvalue weighted by molar-refractivity contribution is -0.385. The van der Waals surface area contributed by atoms with Crippen LogP contribution < -0.4 is 0 Å². The minimum Gasteiger partial charge on any atom is -0.328 e. The zero-order chi connectivity index (χ0) is 13.0. The molecule has 0 heterocycles. The molecule has 17 heavy (non-hydrogen) atoms. The van der Waals surface area contributed by atoms with E-state index in [2.05, 4.69) is 15.9 Å². The second kappa shape index (κ2) is 5.41. The maximum absolute atomic E-state index is 11.8. The average Bonchev–Trinajstić information content (AvgIpc) is 2.27. The highest BCUT2D eigenvalue weighted by Crippen LogP contribution is 2.22. The maximum Gasteiger partial charge on any atom is 0.271 e. The number of benzene rings is 1. The molecule has 0 fully saturated rings. The lowest BCUT2D eigenvalue weighted by atomic mass is 10.2. The smallest absolute Gasteiger partial charge is 0.271 e. The largest absolute Gasteiger partial charge is 0.328 e. The number of hydrogen-bond acceptors (Lipinski definition) is 4. The van der Waals surface area contributed by atoms with E-state index in [1.54, 1.807) is 0 Å². The van der Waals surface area contributed by atoms with E-state index in [4.69, 9.17) is 5.26 Å². The molecule has 0 saturated heterocycles. The fourth-order valence-corrected chi connectivity index (χ4v) is 1.68. The van der Waals surface area contributed by atoms with Crippen molar-refractivity contribution in [3.05, 3.63) is 38.3 Å². The van der Waals surface area contributed by atoms with E-state index in [0.29, 0.717) is 4.47 Å². The Labute approximate surface area is 106 Å². The first kappa shape index (κ1) is 13.1. The van der Waals surface area contributed by atoms with Gasteiger partial charge in [0.1, 0.15) is 6.54 Å². The number of nitro groups is 1. The Morgan fingerprint density at radius 2 is 2.24 bits per heavy atom. The summed E-state index contributed by atoms with van der Waals surface area (Å²) < 4.78 is 0.445. The summed E-state index contributed by atoms with van der Waals surface area (Å²) in [4.78, 5) is 23.0. The van der Waals surface area contributed by atoms with Gasteiger partial charge in [-0.3, -0.25) is 14.9 Å². The van der Waals surface area contributed by atoms with E-state index >= 15 is 0 Å². The molecule has 0 radical (unpaired) electrons. The summed E-state index contributed by atoms with van der Waals surface area (Å²) in [6.45, 7) is -0.0703. The summed E-state index contributed by atoms with van der Waals surface area (Å²) in [6, 6.07) is 5.79. The van der Waals surface area contributed by atoms with Crippen LogP contribution in [0.1, 0.15) is 10.4 Å². The van der Waals surface area contributed by atoms with Crippen LogP contribution in [0.2, 0.25) is 0 Å². The first-order chi connectivity index (χ1) is 7.95. The van der Waals surface area contributed by atoms with Crippen molar-refractivity contribution >= 4 is 27.5 Å². The number of halogens is 1. The fraction of sp³-hybridized carbons (Fsp3) is 0.200. The van der Waals surface area contributed by atoms with Crippen molar-refractivity contribution in [2.24, 2.45) is 0 Å². The van der Waals surface area contributed by atoms with Crippen molar-refractivity contribution in [1.82, 2.24) is 4.90 Å². The molecule has 0 spiro atoms. The Balaban J connectivity index is 3.10. The Morgan fingerprint density at radius 3 is 2.76 bits per heavy atom. The van der Waals surface area contributed by atoms with Crippen molar-refractivity contribution in [3.8, 4) is 6.07 Å². The molecule has 0 aromatic heterocycles. The standard InChI is InChI=1S/C10H8BrN3O3/c1-13(3-2-12)10(15)7-4-8(11)6-9(5-7)14(16)17/h4-6H,3H2,1H3. The monoisotopic (exact) mass is 297 g/mol. The summed E-state index contributed by atoms with van der Waals surface area (Å²) in [6.07, 6.45) is 0. The van der Waals surface area contributed by atoms with Gasteiger partial charge < -0.3 is 4.90 Å². The fourth-order valence-electron chi connectivity index (χ4n) is 1.20. The number of nitrogens with zero attached hydrogens (tertiary/aromatic N) is 3. The number of carbonyl (C=O) groups is 1. The lowest BCUT2D eigenvalue weighted by Gasteiger charge is -2.12. The molecular weight excluding hydrogens is 290 g/mol. The number of non-ortho nitro benzene ring substituents is 1. The third-order valence-corrected chi connectivity index (χ3v) is 2.45. The van der Waals surface area contributed by atoms with Gasteiger partial charge in [-0.2, -0.15) is 5.26 Å². The van der Waals surface area contributed by atoms with Crippen LogP contribution in [0.5, 0.6) is 0 Å². The maximum atomic E-state index is 11.8. The van der Waals surface area contributed by atoms with Gasteiger partial charge >= 0.3 is 0 Å². The van der Waals surface area contributed by atoms with Gasteiger partial charge in [-0.25, -0.2) is 0 Å². The van der Waals surface area contributed by atoms with Crippen LogP contribution in [-0.4, -0.2) is 29.3 Å². The highest BCUT2D eigenvalue weighted by atomic mass is 79.9. The van der Waals surface area contributed by atoms with Gasteiger partial charge in [-0.1, -0.05) is 15.9 Å². The molecule has 7 heteroatoms. The molecule has 88 valence electrons. The molecule has 0 unspecified atom stereocenters. The molecule has 0 aliphatic heterocycles. The van der Waals surface area contributed by atoms with Gasteiger partial charge in [0, 0.05) is 29.2 Å². The van der Waals surface area contributed by atoms with Crippen LogP contribution in [-0.2, 0) is 0 Å². The zero-order valence-electron chi connectivity index (χ0n) is 8.88. The summed E-state index contributed by atoms with van der Waals surface area (Å²) in [5.74, 6) is -0.434. The number of nitro benzene ring substituents is 1. The molecule has 1 aromatic carbocycles. The first-order valence-electron chi connectivity index (χ1n) is 4.53. The lowest BCUT2D eigenvalue weighted by Crippen LogP contribution is -2.26. The van der Waals surface area contributed by atoms with Crippen LogP contribution >= 0.6 is 15.9 Å². The van der Waals surface area contributed by atoms with Crippen molar-refractivity contribution < 1.29 is 9.72 Å². The van der Waals surface area contributed by atoms with Gasteiger partial charge in [0.15, 0.2) is 0 Å². The number of hydrogen-bond donors (Lipinski definition) is 0. The van der Waals surface area contributed by atoms with Crippen molar-refractivity contribution in [1.29, 1.82) is 5.26 Å². The zero-order valence-corrected chi connectivity index (χ0v) is 10.5. The molecule has 1 aromatic rings. The van der Waals surface area contributed by atoms with Gasteiger partial charge in [0.25, 0.3) is 11.6 Å². The molecule has 6 nitrogen and oxygen atoms in total. The van der Waals surface area contributed by atoms with E-state index in [-0.39, 0.29) is 17.8 Å². The van der Waals surface area contributed by atoms with E-state index in [1.165, 1.54) is 30.1 Å². The molecule has 0 aliphatic rings. The van der Waals surface area contributed by atoms with E-state index in [0.717, 1.165) is 0 Å². The van der Waals surface area contributed by atoms with E-state index < -0.39 is 10.8 Å². The van der Waals surface area contributed by atoms with Gasteiger partial charge in [0.05, 0.1) is 11.0 Å². The first-order valence-corrected chi connectivity index (χ1v) is 5.32. The van der Waals surface area contributed by atoms with Crippen LogP contribution in [0.25, 0.3) is 0 Å². The molecule has 0 bridgehead atoms. The highest BCUT2D eigenvalue weighted by Gasteiger charge is 2.16. The second-order valence-electron chi connectivity index (χ2n) is 3.27. The predicted octanol–water partition coefficient (Wildman–Crippen LogP) is 1.95. The molecule has 0 N–H and O–H groups in total. The minimum atomic E-state index is -0.578. The van der Waals surface area contributed by atoms with Gasteiger partial charge in [0.2, 0.25) is 0 Å². The third kappa shape index (κ3) is 3.26. The number of rotatable bonds is 3. The number of carbonyl (C=O) groups excluding carboxylic acids is 1. The molecule has 0 aliphatic carbocycles. The average molecular weight is 298 g/mol. The van der Waals surface area contributed by atoms with Crippen LogP contribution in [0.3, 0.4) is 0 Å². The number of amides is 1. The van der Waals surface area contributed by atoms with Crippen LogP contribution in [0, 0.1) is 21.4 Å². The Morgan fingerprint density at radius 1 is 1.59 bits per heavy atom. The van der Waals surface area contributed by atoms with Crippen molar-refractivity contribution in [3.63, 3.8) is 0 Å². The second-order valence-corrected chi connectivity index (χ2v) is 4.19. The van der Waals surface area contributed by atoms with Crippen molar-refractivity contribution in [2.45, 2.75) is 0 Å². The predicted molar refractivity (Wildman–Crippen MR) is 63.4 cm³/mol. The summed E-state index contributed by atoms with van der Waals surface area (Å²) in [5.41, 5.74) is -0.00286. The van der Waals surface area contributed by atoms with E-state index in [9.17, 15) is 14.9 Å². The van der Waals surface area contributed by atoms with Crippen molar-refractivity contribution in [2.75, 3.05) is 13.6 Å². The molecular formula is C10H8BrN3O3. The summed E-state index contributed by atoms with van der Waals surface area (Å²) in [5, 5.41) is 19.1. The molecule has 1 amide bonds. The normalized spacial score (nSPS) is 9.47. The molecule has 0 saturated carbocycles. The van der Waals surface area contributed by atoms with E-state index in [1.807, 2.05) is 6.07 Å². The van der Waals surface area contributed by atoms with Crippen LogP contribution in [0.15, 0.2) is 22.7 Å². The quantitative estimate of drug-likeness (QED) is 0.485. The highest BCUT2D eigenvalue weighted by molar-refractivity contribution is 9.10. The Kier molecular flexibility index (Phi) is 4.17. The summed E-state index contributed by atoms with van der Waals surface area (Å²) >= 11 is 3.10. The molecule has 1 rings (SSSR count). The summed E-state index contributed by atoms with van der Waals surface area (Å²) in [7, 11) is 1.46.